The minimum Gasteiger partial charge on any atom is -0.394 e. The van der Waals surface area contributed by atoms with E-state index in [0.717, 1.165) is 24.8 Å². The molecule has 0 bridgehead atoms. The number of benzene rings is 1. The molecule has 0 spiro atoms. The quantitative estimate of drug-likeness (QED) is 0.590. The first-order valence-electron chi connectivity index (χ1n) is 7.44. The molecule has 1 atom stereocenters. The first-order chi connectivity index (χ1) is 10.2. The van der Waals surface area contributed by atoms with Crippen LogP contribution in [0.2, 0.25) is 0 Å². The number of carbonyl (C=O) groups excluding carboxylic acids is 1. The standard InChI is InChI=1S/C16H23N3O2/c1-2-13(11-20)19-16(21)17-9-5-6-12-10-18-15-8-4-3-7-14(12)15/h3-4,7-8,10,13,18,20H,2,5-6,9,11H2,1H3,(H2,17,19,21). The van der Waals surface area contributed by atoms with Crippen molar-refractivity contribution in [3.05, 3.63) is 36.0 Å². The van der Waals surface area contributed by atoms with Crippen molar-refractivity contribution in [3.63, 3.8) is 0 Å². The summed E-state index contributed by atoms with van der Waals surface area (Å²) in [4.78, 5) is 14.9. The smallest absolute Gasteiger partial charge is 0.315 e. The lowest BCUT2D eigenvalue weighted by Crippen LogP contribution is -2.43. The summed E-state index contributed by atoms with van der Waals surface area (Å²) < 4.78 is 0. The molecule has 0 fully saturated rings. The number of aliphatic hydroxyl groups is 1. The third-order valence-corrected chi connectivity index (χ3v) is 3.63. The molecule has 0 aliphatic rings. The van der Waals surface area contributed by atoms with E-state index in [-0.39, 0.29) is 18.7 Å². The second-order valence-corrected chi connectivity index (χ2v) is 5.15. The molecule has 0 saturated carbocycles. The van der Waals surface area contributed by atoms with Gasteiger partial charge in [0.1, 0.15) is 0 Å². The van der Waals surface area contributed by atoms with Crippen LogP contribution in [0.15, 0.2) is 30.5 Å². The van der Waals surface area contributed by atoms with E-state index in [1.807, 2.05) is 25.3 Å². The zero-order chi connectivity index (χ0) is 15.1. The number of rotatable bonds is 7. The molecule has 2 aromatic rings. The van der Waals surface area contributed by atoms with Gasteiger partial charge in [-0.05, 0) is 30.9 Å². The van der Waals surface area contributed by atoms with Gasteiger partial charge < -0.3 is 20.7 Å². The van der Waals surface area contributed by atoms with E-state index in [1.165, 1.54) is 10.9 Å². The molecule has 0 aliphatic heterocycles. The number of amides is 2. The van der Waals surface area contributed by atoms with Gasteiger partial charge in [-0.3, -0.25) is 0 Å². The summed E-state index contributed by atoms with van der Waals surface area (Å²) in [6.45, 7) is 2.52. The molecular weight excluding hydrogens is 266 g/mol. The largest absolute Gasteiger partial charge is 0.394 e. The first-order valence-corrected chi connectivity index (χ1v) is 7.44. The number of hydrogen-bond donors (Lipinski definition) is 4. The van der Waals surface area contributed by atoms with Crippen molar-refractivity contribution in [2.45, 2.75) is 32.2 Å². The van der Waals surface area contributed by atoms with Crippen molar-refractivity contribution in [2.24, 2.45) is 0 Å². The maximum Gasteiger partial charge on any atom is 0.315 e. The van der Waals surface area contributed by atoms with Gasteiger partial charge in [-0.1, -0.05) is 25.1 Å². The Morgan fingerprint density at radius 2 is 2.19 bits per heavy atom. The molecule has 5 nitrogen and oxygen atoms in total. The minimum absolute atomic E-state index is 0.0285. The molecule has 1 unspecified atom stereocenters. The fourth-order valence-electron chi connectivity index (χ4n) is 2.33. The fraction of sp³-hybridized carbons (Fsp3) is 0.438. The maximum absolute atomic E-state index is 11.6. The third-order valence-electron chi connectivity index (χ3n) is 3.63. The Labute approximate surface area is 124 Å². The fourth-order valence-corrected chi connectivity index (χ4v) is 2.33. The molecule has 114 valence electrons. The lowest BCUT2D eigenvalue weighted by Gasteiger charge is -2.14. The van der Waals surface area contributed by atoms with Crippen molar-refractivity contribution >= 4 is 16.9 Å². The van der Waals surface area contributed by atoms with E-state index in [4.69, 9.17) is 5.11 Å². The Morgan fingerprint density at radius 1 is 1.38 bits per heavy atom. The summed E-state index contributed by atoms with van der Waals surface area (Å²) in [6, 6.07) is 7.83. The number of aliphatic hydroxyl groups excluding tert-OH is 1. The molecule has 2 amide bonds. The van der Waals surface area contributed by atoms with Gasteiger partial charge in [0.15, 0.2) is 0 Å². The van der Waals surface area contributed by atoms with Crippen LogP contribution in [0.1, 0.15) is 25.3 Å². The maximum atomic E-state index is 11.6. The SMILES string of the molecule is CCC(CO)NC(=O)NCCCc1c[nH]c2ccccc12. The average molecular weight is 289 g/mol. The van der Waals surface area contributed by atoms with E-state index in [0.29, 0.717) is 6.54 Å². The molecule has 1 aromatic heterocycles. The van der Waals surface area contributed by atoms with Crippen LogP contribution in [0.4, 0.5) is 4.79 Å². The highest BCUT2D eigenvalue weighted by molar-refractivity contribution is 5.83. The van der Waals surface area contributed by atoms with Gasteiger partial charge in [0.25, 0.3) is 0 Å². The molecule has 1 heterocycles. The molecule has 0 saturated heterocycles. The summed E-state index contributed by atoms with van der Waals surface area (Å²) in [5.74, 6) is 0. The summed E-state index contributed by atoms with van der Waals surface area (Å²) in [5, 5.41) is 15.8. The number of hydrogen-bond acceptors (Lipinski definition) is 2. The monoisotopic (exact) mass is 289 g/mol. The van der Waals surface area contributed by atoms with Crippen LogP contribution in [0, 0.1) is 0 Å². The van der Waals surface area contributed by atoms with Crippen LogP contribution in [-0.2, 0) is 6.42 Å². The number of aryl methyl sites for hydroxylation is 1. The van der Waals surface area contributed by atoms with Gasteiger partial charge in [0, 0.05) is 23.6 Å². The highest BCUT2D eigenvalue weighted by Crippen LogP contribution is 2.18. The van der Waals surface area contributed by atoms with Gasteiger partial charge in [0.2, 0.25) is 0 Å². The van der Waals surface area contributed by atoms with Gasteiger partial charge in [-0.2, -0.15) is 0 Å². The lowest BCUT2D eigenvalue weighted by molar-refractivity contribution is 0.214. The molecule has 2 rings (SSSR count). The van der Waals surface area contributed by atoms with Gasteiger partial charge >= 0.3 is 6.03 Å². The predicted molar refractivity (Wildman–Crippen MR) is 84.3 cm³/mol. The lowest BCUT2D eigenvalue weighted by atomic mass is 10.1. The van der Waals surface area contributed by atoms with E-state index in [2.05, 4.69) is 27.8 Å². The van der Waals surface area contributed by atoms with E-state index >= 15 is 0 Å². The Bertz CT molecular complexity index is 576. The second kappa shape index (κ2) is 7.69. The summed E-state index contributed by atoms with van der Waals surface area (Å²) in [5.41, 5.74) is 2.42. The number of carbonyl (C=O) groups is 1. The summed E-state index contributed by atoms with van der Waals surface area (Å²) in [6.07, 6.45) is 4.55. The van der Waals surface area contributed by atoms with Gasteiger partial charge in [-0.25, -0.2) is 4.79 Å². The van der Waals surface area contributed by atoms with Crippen molar-refractivity contribution in [1.82, 2.24) is 15.6 Å². The normalized spacial score (nSPS) is 12.3. The Hall–Kier alpha value is -2.01. The zero-order valence-electron chi connectivity index (χ0n) is 12.4. The Morgan fingerprint density at radius 3 is 2.95 bits per heavy atom. The van der Waals surface area contributed by atoms with Crippen LogP contribution in [0.25, 0.3) is 10.9 Å². The molecule has 1 aromatic carbocycles. The average Bonchev–Trinajstić information content (AvgIpc) is 2.92. The van der Waals surface area contributed by atoms with Crippen LogP contribution >= 0.6 is 0 Å². The number of fused-ring (bicyclic) bond motifs is 1. The van der Waals surface area contributed by atoms with Crippen LogP contribution in [0.5, 0.6) is 0 Å². The minimum atomic E-state index is -0.213. The van der Waals surface area contributed by atoms with E-state index < -0.39 is 0 Å². The van der Waals surface area contributed by atoms with Gasteiger partial charge in [0.05, 0.1) is 12.6 Å². The Kier molecular flexibility index (Phi) is 5.63. The van der Waals surface area contributed by atoms with E-state index in [1.54, 1.807) is 0 Å². The number of aromatic amines is 1. The summed E-state index contributed by atoms with van der Waals surface area (Å²) >= 11 is 0. The first kappa shape index (κ1) is 15.4. The Balaban J connectivity index is 1.73. The topological polar surface area (TPSA) is 77.2 Å². The number of para-hydroxylation sites is 1. The van der Waals surface area contributed by atoms with Crippen LogP contribution < -0.4 is 10.6 Å². The van der Waals surface area contributed by atoms with Crippen LogP contribution in [0.3, 0.4) is 0 Å². The number of nitrogens with one attached hydrogen (secondary N) is 3. The molecule has 0 radical (unpaired) electrons. The number of urea groups is 1. The predicted octanol–water partition coefficient (Wildman–Crippen LogP) is 2.17. The van der Waals surface area contributed by atoms with Crippen LogP contribution in [-0.4, -0.2) is 35.3 Å². The molecule has 0 aliphatic carbocycles. The van der Waals surface area contributed by atoms with Crippen molar-refractivity contribution < 1.29 is 9.90 Å². The highest BCUT2D eigenvalue weighted by atomic mass is 16.3. The van der Waals surface area contributed by atoms with E-state index in [9.17, 15) is 4.79 Å². The highest BCUT2D eigenvalue weighted by Gasteiger charge is 2.08. The molecule has 5 heteroatoms. The van der Waals surface area contributed by atoms with Crippen molar-refractivity contribution in [3.8, 4) is 0 Å². The number of aromatic nitrogens is 1. The zero-order valence-corrected chi connectivity index (χ0v) is 12.4. The second-order valence-electron chi connectivity index (χ2n) is 5.15. The summed E-state index contributed by atoms with van der Waals surface area (Å²) in [7, 11) is 0. The molecule has 4 N–H and O–H groups in total. The van der Waals surface area contributed by atoms with Crippen molar-refractivity contribution in [1.29, 1.82) is 0 Å². The third kappa shape index (κ3) is 4.23. The number of H-pyrrole nitrogens is 1. The van der Waals surface area contributed by atoms with Crippen molar-refractivity contribution in [2.75, 3.05) is 13.2 Å². The van der Waals surface area contributed by atoms with Gasteiger partial charge in [-0.15, -0.1) is 0 Å². The molecule has 21 heavy (non-hydrogen) atoms. The molecular formula is C16H23N3O2.